The maximum Gasteiger partial charge on any atom is 0.368 e. The van der Waals surface area contributed by atoms with Crippen LogP contribution in [0.4, 0.5) is 0 Å². The van der Waals surface area contributed by atoms with E-state index in [-0.39, 0.29) is 25.1 Å². The summed E-state index contributed by atoms with van der Waals surface area (Å²) in [5, 5.41) is 1.86. The second-order valence-electron chi connectivity index (χ2n) is 5.15. The van der Waals surface area contributed by atoms with Crippen LogP contribution in [0.25, 0.3) is 16.8 Å². The van der Waals surface area contributed by atoms with Gasteiger partial charge in [0.25, 0.3) is 0 Å². The predicted molar refractivity (Wildman–Crippen MR) is 99.4 cm³/mol. The standard InChI is InChI=1S/C19H23O5P/c1-4-22-19(20)18(25(21,23-5-2)24-6-3)14-16-12-9-11-15-10-7-8-13-17(15)16/h7-14H,4-6H2,1-3H3/b18-14-. The van der Waals surface area contributed by atoms with Crippen molar-refractivity contribution in [2.24, 2.45) is 0 Å². The summed E-state index contributed by atoms with van der Waals surface area (Å²) in [5.74, 6) is -0.694. The second kappa shape index (κ2) is 8.95. The van der Waals surface area contributed by atoms with E-state index < -0.39 is 13.6 Å². The fourth-order valence-corrected chi connectivity index (χ4v) is 4.11. The van der Waals surface area contributed by atoms with Crippen LogP contribution in [0.15, 0.2) is 47.8 Å². The van der Waals surface area contributed by atoms with E-state index in [1.807, 2.05) is 42.5 Å². The van der Waals surface area contributed by atoms with Crippen molar-refractivity contribution in [1.29, 1.82) is 0 Å². The highest BCUT2D eigenvalue weighted by molar-refractivity contribution is 7.60. The van der Waals surface area contributed by atoms with Crippen molar-refractivity contribution in [1.82, 2.24) is 0 Å². The number of ether oxygens (including phenoxy) is 1. The molecule has 0 saturated heterocycles. The molecule has 0 saturated carbocycles. The van der Waals surface area contributed by atoms with Crippen molar-refractivity contribution in [3.8, 4) is 0 Å². The van der Waals surface area contributed by atoms with Crippen LogP contribution in [-0.2, 0) is 23.1 Å². The van der Waals surface area contributed by atoms with Crippen LogP contribution in [0.3, 0.4) is 0 Å². The van der Waals surface area contributed by atoms with E-state index in [1.54, 1.807) is 26.8 Å². The Balaban J connectivity index is 2.63. The lowest BCUT2D eigenvalue weighted by atomic mass is 10.0. The van der Waals surface area contributed by atoms with E-state index in [4.69, 9.17) is 13.8 Å². The lowest BCUT2D eigenvalue weighted by Crippen LogP contribution is -2.11. The van der Waals surface area contributed by atoms with Crippen molar-refractivity contribution in [3.63, 3.8) is 0 Å². The van der Waals surface area contributed by atoms with Crippen molar-refractivity contribution in [3.05, 3.63) is 53.3 Å². The zero-order valence-corrected chi connectivity index (χ0v) is 15.6. The summed E-state index contributed by atoms with van der Waals surface area (Å²) >= 11 is 0. The summed E-state index contributed by atoms with van der Waals surface area (Å²) in [5.41, 5.74) is 0.751. The Bertz CT molecular complexity index is 797. The van der Waals surface area contributed by atoms with Gasteiger partial charge in [0, 0.05) is 0 Å². The zero-order valence-electron chi connectivity index (χ0n) is 14.7. The summed E-state index contributed by atoms with van der Waals surface area (Å²) in [6, 6.07) is 13.5. The third-order valence-electron chi connectivity index (χ3n) is 3.49. The molecular weight excluding hydrogens is 339 g/mol. The molecule has 0 aliphatic heterocycles. The molecule has 0 radical (unpaired) electrons. The SMILES string of the molecule is CCOC(=O)/C(=C/c1cccc2ccccc12)P(=O)(OCC)OCC. The van der Waals surface area contributed by atoms with Crippen LogP contribution < -0.4 is 0 Å². The lowest BCUT2D eigenvalue weighted by molar-refractivity contribution is -0.137. The minimum absolute atomic E-state index is 0.0885. The van der Waals surface area contributed by atoms with Crippen LogP contribution >= 0.6 is 7.60 Å². The van der Waals surface area contributed by atoms with Gasteiger partial charge in [-0.2, -0.15) is 0 Å². The highest BCUT2D eigenvalue weighted by Gasteiger charge is 2.36. The largest absolute Gasteiger partial charge is 0.462 e. The lowest BCUT2D eigenvalue weighted by Gasteiger charge is -2.19. The molecule has 0 heterocycles. The normalized spacial score (nSPS) is 12.4. The van der Waals surface area contributed by atoms with Gasteiger partial charge in [0.1, 0.15) is 5.31 Å². The molecule has 2 rings (SSSR count). The Kier molecular flexibility index (Phi) is 6.94. The van der Waals surface area contributed by atoms with Crippen LogP contribution in [-0.4, -0.2) is 25.8 Å². The van der Waals surface area contributed by atoms with Crippen molar-refractivity contribution >= 4 is 30.4 Å². The fourth-order valence-electron chi connectivity index (χ4n) is 2.49. The molecule has 0 bridgehead atoms. The molecule has 0 N–H and O–H groups in total. The van der Waals surface area contributed by atoms with Crippen molar-refractivity contribution in [2.75, 3.05) is 19.8 Å². The topological polar surface area (TPSA) is 61.8 Å². The van der Waals surface area contributed by atoms with Crippen LogP contribution in [0.5, 0.6) is 0 Å². The number of esters is 1. The Labute approximate surface area is 148 Å². The highest BCUT2D eigenvalue weighted by atomic mass is 31.2. The van der Waals surface area contributed by atoms with Gasteiger partial charge >= 0.3 is 13.6 Å². The van der Waals surface area contributed by atoms with E-state index in [0.717, 1.165) is 16.3 Å². The molecule has 5 nitrogen and oxygen atoms in total. The molecule has 0 amide bonds. The van der Waals surface area contributed by atoms with Crippen LogP contribution in [0.2, 0.25) is 0 Å². The molecule has 0 aliphatic carbocycles. The third-order valence-corrected chi connectivity index (χ3v) is 5.59. The van der Waals surface area contributed by atoms with Gasteiger partial charge in [0.05, 0.1) is 19.8 Å². The van der Waals surface area contributed by atoms with Crippen LogP contribution in [0.1, 0.15) is 26.3 Å². The van der Waals surface area contributed by atoms with Gasteiger partial charge in [-0.05, 0) is 43.2 Å². The van der Waals surface area contributed by atoms with Gasteiger partial charge < -0.3 is 13.8 Å². The van der Waals surface area contributed by atoms with E-state index >= 15 is 0 Å². The van der Waals surface area contributed by atoms with Gasteiger partial charge in [-0.3, -0.25) is 4.57 Å². The summed E-state index contributed by atoms with van der Waals surface area (Å²) in [7, 11) is -3.77. The summed E-state index contributed by atoms with van der Waals surface area (Å²) in [6.45, 7) is 5.58. The summed E-state index contributed by atoms with van der Waals surface area (Å²) in [4.78, 5) is 12.5. The smallest absolute Gasteiger partial charge is 0.368 e. The van der Waals surface area contributed by atoms with Crippen LogP contribution in [0, 0.1) is 0 Å². The number of rotatable bonds is 8. The first-order valence-electron chi connectivity index (χ1n) is 8.32. The molecule has 0 aromatic heterocycles. The maximum atomic E-state index is 13.2. The molecule has 25 heavy (non-hydrogen) atoms. The first-order chi connectivity index (χ1) is 12.1. The summed E-state index contributed by atoms with van der Waals surface area (Å²) < 4.78 is 28.9. The van der Waals surface area contributed by atoms with Crippen molar-refractivity contribution < 1.29 is 23.1 Å². The van der Waals surface area contributed by atoms with E-state index in [0.29, 0.717) is 0 Å². The van der Waals surface area contributed by atoms with E-state index in [9.17, 15) is 9.36 Å². The second-order valence-corrected chi connectivity index (χ2v) is 7.14. The first-order valence-corrected chi connectivity index (χ1v) is 9.86. The Morgan fingerprint density at radius 3 is 2.24 bits per heavy atom. The van der Waals surface area contributed by atoms with Gasteiger partial charge in [0.15, 0.2) is 0 Å². The highest BCUT2D eigenvalue weighted by Crippen LogP contribution is 2.57. The molecule has 0 aliphatic rings. The van der Waals surface area contributed by atoms with Gasteiger partial charge in [-0.25, -0.2) is 4.79 Å². The van der Waals surface area contributed by atoms with Gasteiger partial charge in [-0.1, -0.05) is 42.5 Å². The Morgan fingerprint density at radius 1 is 0.960 bits per heavy atom. The third kappa shape index (κ3) is 4.57. The van der Waals surface area contributed by atoms with Gasteiger partial charge in [-0.15, -0.1) is 0 Å². The number of carbonyl (C=O) groups excluding carboxylic acids is 1. The quantitative estimate of drug-likeness (QED) is 0.375. The average molecular weight is 362 g/mol. The number of benzene rings is 2. The maximum absolute atomic E-state index is 13.2. The first kappa shape index (κ1) is 19.4. The molecule has 0 unspecified atom stereocenters. The average Bonchev–Trinajstić information content (AvgIpc) is 2.60. The number of carbonyl (C=O) groups is 1. The molecular formula is C19H23O5P. The Hall–Kier alpha value is -1.94. The fraction of sp³-hybridized carbons (Fsp3) is 0.316. The molecule has 134 valence electrons. The molecule has 6 heteroatoms. The Morgan fingerprint density at radius 2 is 1.60 bits per heavy atom. The monoisotopic (exact) mass is 362 g/mol. The summed E-state index contributed by atoms with van der Waals surface area (Å²) in [6.07, 6.45) is 1.55. The zero-order chi connectivity index (χ0) is 18.3. The molecule has 0 atom stereocenters. The molecule has 2 aromatic carbocycles. The minimum Gasteiger partial charge on any atom is -0.462 e. The van der Waals surface area contributed by atoms with E-state index in [1.165, 1.54) is 0 Å². The number of fused-ring (bicyclic) bond motifs is 1. The van der Waals surface area contributed by atoms with E-state index in [2.05, 4.69) is 0 Å². The number of hydrogen-bond donors (Lipinski definition) is 0. The predicted octanol–water partition coefficient (Wildman–Crippen LogP) is 5.01. The molecule has 0 spiro atoms. The molecule has 0 fully saturated rings. The van der Waals surface area contributed by atoms with Gasteiger partial charge in [0.2, 0.25) is 0 Å². The molecule has 2 aromatic rings. The minimum atomic E-state index is -3.77. The number of hydrogen-bond acceptors (Lipinski definition) is 5. The van der Waals surface area contributed by atoms with Crippen molar-refractivity contribution in [2.45, 2.75) is 20.8 Å².